The van der Waals surface area contributed by atoms with E-state index in [9.17, 15) is 5.11 Å². The maximum Gasteiger partial charge on any atom is 0.116 e. The maximum absolute atomic E-state index is 9.53. The lowest BCUT2D eigenvalue weighted by Crippen LogP contribution is -1.83. The largest absolute Gasteiger partial charge is 0.508 e. The number of phenols is 1. The fraction of sp³-hybridized carbons (Fsp3) is 0. The zero-order valence-corrected chi connectivity index (χ0v) is 9.17. The lowest BCUT2D eigenvalue weighted by atomic mass is 10.0. The highest BCUT2D eigenvalue weighted by atomic mass is 16.3. The molecule has 1 aromatic heterocycles. The number of fused-ring (bicyclic) bond motifs is 1. The second-order valence-electron chi connectivity index (χ2n) is 3.93. The van der Waals surface area contributed by atoms with Crippen molar-refractivity contribution in [2.75, 3.05) is 0 Å². The van der Waals surface area contributed by atoms with Gasteiger partial charge in [0.2, 0.25) is 0 Å². The Morgan fingerprint density at radius 2 is 1.71 bits per heavy atom. The molecule has 0 aliphatic heterocycles. The van der Waals surface area contributed by atoms with E-state index in [1.165, 1.54) is 0 Å². The summed E-state index contributed by atoms with van der Waals surface area (Å²) in [4.78, 5) is 4.41. The van der Waals surface area contributed by atoms with Gasteiger partial charge in [0, 0.05) is 17.1 Å². The molecule has 2 nitrogen and oxygen atoms in total. The van der Waals surface area contributed by atoms with E-state index in [2.05, 4.69) is 4.98 Å². The third kappa shape index (κ3) is 1.74. The quantitative estimate of drug-likeness (QED) is 0.681. The number of benzene rings is 2. The topological polar surface area (TPSA) is 33.1 Å². The third-order valence-corrected chi connectivity index (χ3v) is 2.79. The minimum Gasteiger partial charge on any atom is -0.508 e. The van der Waals surface area contributed by atoms with Crippen molar-refractivity contribution < 1.29 is 5.11 Å². The van der Waals surface area contributed by atoms with Crippen LogP contribution in [-0.4, -0.2) is 10.1 Å². The predicted molar refractivity (Wildman–Crippen MR) is 68.8 cm³/mol. The monoisotopic (exact) mass is 221 g/mol. The smallest absolute Gasteiger partial charge is 0.116 e. The summed E-state index contributed by atoms with van der Waals surface area (Å²) in [5.41, 5.74) is 2.98. The molecule has 0 aliphatic rings. The number of phenolic OH excluding ortho intramolecular Hbond substituents is 1. The maximum atomic E-state index is 9.53. The Kier molecular flexibility index (Phi) is 2.26. The zero-order valence-electron chi connectivity index (χ0n) is 9.17. The minimum absolute atomic E-state index is 0.274. The third-order valence-electron chi connectivity index (χ3n) is 2.79. The molecule has 2 heteroatoms. The van der Waals surface area contributed by atoms with Crippen molar-refractivity contribution in [3.63, 3.8) is 0 Å². The van der Waals surface area contributed by atoms with E-state index in [0.29, 0.717) is 0 Å². The molecule has 1 N–H and O–H groups in total. The van der Waals surface area contributed by atoms with Crippen LogP contribution in [-0.2, 0) is 0 Å². The summed E-state index contributed by atoms with van der Waals surface area (Å²) in [6.07, 6.45) is 1.79. The summed E-state index contributed by atoms with van der Waals surface area (Å²) >= 11 is 0. The average Bonchev–Trinajstić information content (AvgIpc) is 2.38. The number of hydrogen-bond donors (Lipinski definition) is 1. The molecule has 0 spiro atoms. The van der Waals surface area contributed by atoms with Gasteiger partial charge < -0.3 is 5.11 Å². The molecule has 0 aliphatic carbocycles. The Morgan fingerprint density at radius 3 is 2.59 bits per heavy atom. The molecule has 0 fully saturated rings. The van der Waals surface area contributed by atoms with Crippen molar-refractivity contribution >= 4 is 10.9 Å². The lowest BCUT2D eigenvalue weighted by molar-refractivity contribution is 0.475. The first kappa shape index (κ1) is 9.85. The number of rotatable bonds is 1. The van der Waals surface area contributed by atoms with Gasteiger partial charge in [-0.3, -0.25) is 4.98 Å². The van der Waals surface area contributed by atoms with Crippen molar-refractivity contribution in [3.05, 3.63) is 60.8 Å². The molecule has 1 heterocycles. The molecule has 0 saturated heterocycles. The summed E-state index contributed by atoms with van der Waals surface area (Å²) < 4.78 is 0. The van der Waals surface area contributed by atoms with Crippen LogP contribution >= 0.6 is 0 Å². The van der Waals surface area contributed by atoms with Crippen molar-refractivity contribution in [3.8, 4) is 16.9 Å². The van der Waals surface area contributed by atoms with Crippen LogP contribution in [0.25, 0.3) is 22.0 Å². The van der Waals surface area contributed by atoms with Gasteiger partial charge in [0.1, 0.15) is 5.75 Å². The number of para-hydroxylation sites is 1. The zero-order chi connectivity index (χ0) is 11.7. The molecule has 17 heavy (non-hydrogen) atoms. The fourth-order valence-corrected chi connectivity index (χ4v) is 2.01. The average molecular weight is 221 g/mol. The number of aromatic hydroxyl groups is 1. The van der Waals surface area contributed by atoms with Gasteiger partial charge in [-0.1, -0.05) is 36.4 Å². The van der Waals surface area contributed by atoms with E-state index in [1.54, 1.807) is 18.3 Å². The Morgan fingerprint density at radius 1 is 0.882 bits per heavy atom. The number of pyridine rings is 1. The van der Waals surface area contributed by atoms with Crippen LogP contribution in [0.4, 0.5) is 0 Å². The standard InChI is InChI=1S/C15H11NO/c17-13-7-1-5-12(10-13)14-8-2-4-11-6-3-9-16-15(11)14/h1-10,17H. The molecule has 0 atom stereocenters. The highest BCUT2D eigenvalue weighted by molar-refractivity contribution is 5.93. The van der Waals surface area contributed by atoms with Crippen molar-refractivity contribution in [1.29, 1.82) is 0 Å². The molecule has 0 saturated carbocycles. The van der Waals surface area contributed by atoms with Crippen LogP contribution < -0.4 is 0 Å². The molecule has 3 aromatic rings. The number of hydrogen-bond acceptors (Lipinski definition) is 2. The van der Waals surface area contributed by atoms with E-state index in [-0.39, 0.29) is 5.75 Å². The van der Waals surface area contributed by atoms with Gasteiger partial charge in [-0.05, 0) is 23.8 Å². The molecule has 2 aromatic carbocycles. The normalized spacial score (nSPS) is 10.6. The van der Waals surface area contributed by atoms with Crippen LogP contribution in [0.15, 0.2) is 60.8 Å². The van der Waals surface area contributed by atoms with Gasteiger partial charge in [0.15, 0.2) is 0 Å². The molecule has 3 rings (SSSR count). The summed E-state index contributed by atoms with van der Waals surface area (Å²) in [5.74, 6) is 0.274. The van der Waals surface area contributed by atoms with Gasteiger partial charge in [-0.2, -0.15) is 0 Å². The summed E-state index contributed by atoms with van der Waals surface area (Å²) in [6, 6.07) is 17.3. The van der Waals surface area contributed by atoms with Gasteiger partial charge in [0.25, 0.3) is 0 Å². The van der Waals surface area contributed by atoms with E-state index in [4.69, 9.17) is 0 Å². The predicted octanol–water partition coefficient (Wildman–Crippen LogP) is 3.61. The van der Waals surface area contributed by atoms with Crippen molar-refractivity contribution in [2.45, 2.75) is 0 Å². The van der Waals surface area contributed by atoms with Gasteiger partial charge in [-0.15, -0.1) is 0 Å². The summed E-state index contributed by atoms with van der Waals surface area (Å²) in [5, 5.41) is 10.6. The second kappa shape index (κ2) is 3.91. The number of aromatic nitrogens is 1. The van der Waals surface area contributed by atoms with Crippen molar-refractivity contribution in [2.24, 2.45) is 0 Å². The summed E-state index contributed by atoms with van der Waals surface area (Å²) in [7, 11) is 0. The van der Waals surface area contributed by atoms with E-state index in [0.717, 1.165) is 22.0 Å². The van der Waals surface area contributed by atoms with E-state index >= 15 is 0 Å². The first-order valence-electron chi connectivity index (χ1n) is 5.48. The molecular formula is C15H11NO. The molecule has 0 amide bonds. The molecular weight excluding hydrogens is 210 g/mol. The van der Waals surface area contributed by atoms with Gasteiger partial charge >= 0.3 is 0 Å². The first-order valence-corrected chi connectivity index (χ1v) is 5.48. The minimum atomic E-state index is 0.274. The van der Waals surface area contributed by atoms with Crippen LogP contribution in [0, 0.1) is 0 Å². The Bertz CT molecular complexity index is 671. The van der Waals surface area contributed by atoms with Crippen LogP contribution in [0.3, 0.4) is 0 Å². The molecule has 0 unspecified atom stereocenters. The summed E-state index contributed by atoms with van der Waals surface area (Å²) in [6.45, 7) is 0. The fourth-order valence-electron chi connectivity index (χ4n) is 2.01. The molecule has 0 bridgehead atoms. The Labute approximate surface area is 99.2 Å². The second-order valence-corrected chi connectivity index (χ2v) is 3.93. The van der Waals surface area contributed by atoms with Crippen LogP contribution in [0.5, 0.6) is 5.75 Å². The lowest BCUT2D eigenvalue weighted by Gasteiger charge is -2.05. The SMILES string of the molecule is Oc1cccc(-c2cccc3cccnc23)c1. The molecule has 0 radical (unpaired) electrons. The Balaban J connectivity index is 2.30. The molecule has 82 valence electrons. The highest BCUT2D eigenvalue weighted by Crippen LogP contribution is 2.28. The van der Waals surface area contributed by atoms with E-state index < -0.39 is 0 Å². The number of nitrogens with zero attached hydrogens (tertiary/aromatic N) is 1. The van der Waals surface area contributed by atoms with Crippen molar-refractivity contribution in [1.82, 2.24) is 4.98 Å². The van der Waals surface area contributed by atoms with E-state index in [1.807, 2.05) is 42.5 Å². The van der Waals surface area contributed by atoms with Crippen LogP contribution in [0.2, 0.25) is 0 Å². The Hall–Kier alpha value is -2.35. The van der Waals surface area contributed by atoms with Gasteiger partial charge in [-0.25, -0.2) is 0 Å². The van der Waals surface area contributed by atoms with Crippen LogP contribution in [0.1, 0.15) is 0 Å². The van der Waals surface area contributed by atoms with Gasteiger partial charge in [0.05, 0.1) is 5.52 Å². The first-order chi connectivity index (χ1) is 8.34. The highest BCUT2D eigenvalue weighted by Gasteiger charge is 2.04.